The molecule has 0 radical (unpaired) electrons. The van der Waals surface area contributed by atoms with Crippen molar-refractivity contribution >= 4 is 45.9 Å². The maximum Gasteiger partial charge on any atom is 0.258 e. The minimum Gasteiger partial charge on any atom is -0.593 e. The molecule has 0 bridgehead atoms. The molecule has 5 rings (SSSR count). The van der Waals surface area contributed by atoms with Gasteiger partial charge in [0, 0.05) is 37.3 Å². The molecule has 0 saturated heterocycles. The van der Waals surface area contributed by atoms with E-state index in [4.69, 9.17) is 0 Å². The maximum absolute atomic E-state index is 13.8. The zero-order valence-electron chi connectivity index (χ0n) is 18.8. The van der Waals surface area contributed by atoms with Crippen molar-refractivity contribution in [2.45, 2.75) is 10.9 Å². The summed E-state index contributed by atoms with van der Waals surface area (Å²) >= 11 is 0.0113. The fourth-order valence-corrected chi connectivity index (χ4v) is 5.99. The lowest BCUT2D eigenvalue weighted by Crippen LogP contribution is -2.32. The monoisotopic (exact) mass is 485 g/mol. The summed E-state index contributed by atoms with van der Waals surface area (Å²) in [6.45, 7) is 0. The van der Waals surface area contributed by atoms with Crippen LogP contribution in [-0.4, -0.2) is 33.8 Å². The van der Waals surface area contributed by atoms with Crippen molar-refractivity contribution in [1.29, 1.82) is 0 Å². The van der Waals surface area contributed by atoms with Crippen molar-refractivity contribution in [2.75, 3.05) is 19.0 Å². The van der Waals surface area contributed by atoms with Crippen LogP contribution in [0.5, 0.6) is 0 Å². The molecule has 1 aliphatic rings. The van der Waals surface area contributed by atoms with Crippen molar-refractivity contribution in [1.82, 2.24) is 9.29 Å². The highest BCUT2D eigenvalue weighted by Gasteiger charge is 2.34. The van der Waals surface area contributed by atoms with Crippen LogP contribution in [0.4, 0.5) is 5.69 Å². The molecule has 0 spiro atoms. The second-order valence-electron chi connectivity index (χ2n) is 7.99. The summed E-state index contributed by atoms with van der Waals surface area (Å²) < 4.78 is 15.7. The van der Waals surface area contributed by atoms with E-state index < -0.39 is 11.4 Å². The van der Waals surface area contributed by atoms with Gasteiger partial charge in [0.05, 0.1) is 22.6 Å². The van der Waals surface area contributed by atoms with Gasteiger partial charge in [0.1, 0.15) is 11.0 Å². The summed E-state index contributed by atoms with van der Waals surface area (Å²) in [4.78, 5) is 19.5. The van der Waals surface area contributed by atoms with Crippen LogP contribution in [0.15, 0.2) is 95.3 Å². The Morgan fingerprint density at radius 2 is 1.68 bits per heavy atom. The van der Waals surface area contributed by atoms with Crippen molar-refractivity contribution in [3.05, 3.63) is 112 Å². The summed E-state index contributed by atoms with van der Waals surface area (Å²) in [5.74, 6) is -0.0899. The Kier molecular flexibility index (Phi) is 6.34. The molecule has 7 heteroatoms. The highest BCUT2D eigenvalue weighted by atomic mass is 32.2. The first-order valence-corrected chi connectivity index (χ1v) is 12.8. The molecule has 2 heterocycles. The van der Waals surface area contributed by atoms with E-state index in [-0.39, 0.29) is 11.9 Å². The van der Waals surface area contributed by atoms with E-state index in [2.05, 4.69) is 29.2 Å². The third-order valence-electron chi connectivity index (χ3n) is 5.93. The van der Waals surface area contributed by atoms with Gasteiger partial charge in [-0.05, 0) is 29.3 Å². The van der Waals surface area contributed by atoms with Crippen molar-refractivity contribution < 1.29 is 9.35 Å². The molecular weight excluding hydrogens is 462 g/mol. The fraction of sp³-hybridized carbons (Fsp3) is 0.111. The lowest BCUT2D eigenvalue weighted by molar-refractivity contribution is -0.112. The SMILES string of the molecule is CN1C(=O)/C(=C/c2nccs2)c2cc([S+]([O-])N(C)C(c3ccccc3)c3ccccc3)ccc21. The molecule has 1 unspecified atom stereocenters. The number of hydrogen-bond donors (Lipinski definition) is 0. The quantitative estimate of drug-likeness (QED) is 0.271. The highest BCUT2D eigenvalue weighted by Crippen LogP contribution is 2.40. The zero-order chi connectivity index (χ0) is 23.7. The van der Waals surface area contributed by atoms with Gasteiger partial charge in [-0.1, -0.05) is 60.7 Å². The van der Waals surface area contributed by atoms with Crippen molar-refractivity contribution in [3.63, 3.8) is 0 Å². The van der Waals surface area contributed by atoms with Gasteiger partial charge < -0.3 is 9.45 Å². The minimum absolute atomic E-state index is 0.0899. The van der Waals surface area contributed by atoms with Gasteiger partial charge in [-0.3, -0.25) is 4.79 Å². The molecule has 1 amide bonds. The average Bonchev–Trinajstić information content (AvgIpc) is 3.48. The molecule has 1 atom stereocenters. The van der Waals surface area contributed by atoms with Gasteiger partial charge >= 0.3 is 0 Å². The normalized spacial score (nSPS) is 15.4. The Hall–Kier alpha value is -3.23. The van der Waals surface area contributed by atoms with E-state index in [1.165, 1.54) is 11.3 Å². The van der Waals surface area contributed by atoms with Crippen LogP contribution < -0.4 is 4.90 Å². The molecule has 5 nitrogen and oxygen atoms in total. The molecule has 0 fully saturated rings. The van der Waals surface area contributed by atoms with Crippen LogP contribution in [0.25, 0.3) is 11.6 Å². The number of anilines is 1. The number of nitrogens with zero attached hydrogens (tertiary/aromatic N) is 3. The second-order valence-corrected chi connectivity index (χ2v) is 10.5. The number of likely N-dealkylation sites (N-methyl/N-ethyl adjacent to an activating group) is 1. The number of aromatic nitrogens is 1. The molecule has 170 valence electrons. The number of benzene rings is 3. The first-order valence-electron chi connectivity index (χ1n) is 10.8. The maximum atomic E-state index is 13.8. The summed E-state index contributed by atoms with van der Waals surface area (Å²) in [7, 11) is 3.63. The Labute approximate surface area is 206 Å². The predicted octanol–water partition coefficient (Wildman–Crippen LogP) is 5.40. The van der Waals surface area contributed by atoms with E-state index in [1.807, 2.05) is 77.4 Å². The summed E-state index contributed by atoms with van der Waals surface area (Å²) in [5, 5.41) is 2.64. The Morgan fingerprint density at radius 1 is 1.03 bits per heavy atom. The van der Waals surface area contributed by atoms with Gasteiger partial charge in [0.2, 0.25) is 0 Å². The van der Waals surface area contributed by atoms with Gasteiger partial charge in [-0.2, -0.15) is 0 Å². The third-order valence-corrected chi connectivity index (χ3v) is 8.04. The number of thiazole rings is 1. The topological polar surface area (TPSA) is 59.5 Å². The van der Waals surface area contributed by atoms with Crippen molar-refractivity contribution in [3.8, 4) is 0 Å². The minimum atomic E-state index is -1.46. The molecule has 0 N–H and O–H groups in total. The van der Waals surface area contributed by atoms with Gasteiger partial charge in [-0.15, -0.1) is 15.6 Å². The molecular formula is C27H23N3O2S2. The van der Waals surface area contributed by atoms with Crippen LogP contribution in [0, 0.1) is 0 Å². The molecule has 0 aliphatic carbocycles. The van der Waals surface area contributed by atoms with E-state index in [9.17, 15) is 9.35 Å². The summed E-state index contributed by atoms with van der Waals surface area (Å²) in [6, 6.07) is 25.5. The van der Waals surface area contributed by atoms with E-state index >= 15 is 0 Å². The Bertz CT molecular complexity index is 1290. The standard InChI is InChI=1S/C27H23N3O2S2/c1-29-24-14-13-21(17-22(24)23(27(29)31)18-25-28-15-16-33-25)34(32)30(2)26(19-9-5-3-6-10-19)20-11-7-4-8-12-20/h3-18,26H,1-2H3/b23-18+. The lowest BCUT2D eigenvalue weighted by atomic mass is 9.99. The average molecular weight is 486 g/mol. The number of fused-ring (bicyclic) bond motifs is 1. The zero-order valence-corrected chi connectivity index (χ0v) is 20.4. The van der Waals surface area contributed by atoms with Crippen LogP contribution >= 0.6 is 11.3 Å². The predicted molar refractivity (Wildman–Crippen MR) is 139 cm³/mol. The number of amides is 1. The van der Waals surface area contributed by atoms with E-state index in [0.717, 1.165) is 27.4 Å². The molecule has 4 aromatic rings. The van der Waals surface area contributed by atoms with Crippen LogP contribution in [0.1, 0.15) is 27.7 Å². The van der Waals surface area contributed by atoms with Gasteiger partial charge in [-0.25, -0.2) is 4.98 Å². The molecule has 3 aromatic carbocycles. The molecule has 0 saturated carbocycles. The first kappa shape index (κ1) is 22.6. The largest absolute Gasteiger partial charge is 0.593 e. The highest BCUT2D eigenvalue weighted by molar-refractivity contribution is 7.89. The van der Waals surface area contributed by atoms with Crippen molar-refractivity contribution in [2.24, 2.45) is 0 Å². The Balaban J connectivity index is 1.53. The summed E-state index contributed by atoms with van der Waals surface area (Å²) in [5.41, 5.74) is 4.27. The van der Waals surface area contributed by atoms with Gasteiger partial charge in [0.25, 0.3) is 5.91 Å². The molecule has 1 aromatic heterocycles. The third kappa shape index (κ3) is 4.19. The van der Waals surface area contributed by atoms with Crippen LogP contribution in [0.2, 0.25) is 0 Å². The fourth-order valence-electron chi connectivity index (χ4n) is 4.25. The molecule has 1 aliphatic heterocycles. The first-order chi connectivity index (χ1) is 16.5. The second kappa shape index (κ2) is 9.56. The lowest BCUT2D eigenvalue weighted by Gasteiger charge is -2.29. The number of rotatable bonds is 6. The number of carbonyl (C=O) groups is 1. The van der Waals surface area contributed by atoms with Crippen LogP contribution in [-0.2, 0) is 16.2 Å². The summed E-state index contributed by atoms with van der Waals surface area (Å²) in [6.07, 6.45) is 3.53. The Morgan fingerprint density at radius 3 is 2.26 bits per heavy atom. The van der Waals surface area contributed by atoms with E-state index in [0.29, 0.717) is 10.5 Å². The number of hydrogen-bond acceptors (Lipinski definition) is 5. The van der Waals surface area contributed by atoms with E-state index in [1.54, 1.807) is 18.1 Å². The number of carbonyl (C=O) groups excluding carboxylic acids is 1. The molecule has 34 heavy (non-hydrogen) atoms. The van der Waals surface area contributed by atoms with Crippen LogP contribution in [0.3, 0.4) is 0 Å². The smallest absolute Gasteiger partial charge is 0.258 e. The van der Waals surface area contributed by atoms with Gasteiger partial charge in [0.15, 0.2) is 4.90 Å².